The number of nitrogens with one attached hydrogen (secondary N) is 2. The standard InChI is InChI=1S/C16H15N3O3/c20-15(17-9-11-7-8-22-10-11)6-5-14-16(21)19-13-4-2-1-3-12(13)18-14/h1-4,7-8,10H,5-6,9H2,(H,17,20)(H,19,21). The zero-order valence-corrected chi connectivity index (χ0v) is 11.8. The van der Waals surface area contributed by atoms with Crippen LogP contribution < -0.4 is 10.9 Å². The second kappa shape index (κ2) is 6.26. The number of aromatic amines is 1. The number of aromatic nitrogens is 2. The second-order valence-corrected chi connectivity index (χ2v) is 4.94. The van der Waals surface area contributed by atoms with E-state index in [4.69, 9.17) is 4.42 Å². The predicted molar refractivity (Wildman–Crippen MR) is 81.2 cm³/mol. The number of amides is 1. The summed E-state index contributed by atoms with van der Waals surface area (Å²) in [6.07, 6.45) is 3.65. The summed E-state index contributed by atoms with van der Waals surface area (Å²) >= 11 is 0. The molecule has 6 nitrogen and oxygen atoms in total. The number of nitrogens with zero attached hydrogens (tertiary/aromatic N) is 1. The third-order valence-electron chi connectivity index (χ3n) is 3.33. The summed E-state index contributed by atoms with van der Waals surface area (Å²) in [6, 6.07) is 9.10. The van der Waals surface area contributed by atoms with Crippen molar-refractivity contribution >= 4 is 16.9 Å². The summed E-state index contributed by atoms with van der Waals surface area (Å²) in [7, 11) is 0. The molecule has 0 saturated carbocycles. The molecule has 0 bridgehead atoms. The van der Waals surface area contributed by atoms with Crippen molar-refractivity contribution in [2.45, 2.75) is 19.4 Å². The van der Waals surface area contributed by atoms with Crippen LogP contribution in [0.15, 0.2) is 52.1 Å². The minimum atomic E-state index is -0.249. The van der Waals surface area contributed by atoms with Crippen LogP contribution in [0.25, 0.3) is 11.0 Å². The molecular weight excluding hydrogens is 282 g/mol. The smallest absolute Gasteiger partial charge is 0.270 e. The Morgan fingerprint density at radius 1 is 1.27 bits per heavy atom. The van der Waals surface area contributed by atoms with E-state index in [1.54, 1.807) is 24.7 Å². The van der Waals surface area contributed by atoms with Crippen LogP contribution in [0.1, 0.15) is 17.7 Å². The molecule has 2 N–H and O–H groups in total. The van der Waals surface area contributed by atoms with Crippen molar-refractivity contribution in [3.05, 3.63) is 64.5 Å². The number of hydrogen-bond acceptors (Lipinski definition) is 4. The molecule has 0 fully saturated rings. The average Bonchev–Trinajstić information content (AvgIpc) is 3.04. The third-order valence-corrected chi connectivity index (χ3v) is 3.33. The molecule has 22 heavy (non-hydrogen) atoms. The van der Waals surface area contributed by atoms with Crippen molar-refractivity contribution in [2.75, 3.05) is 0 Å². The molecule has 0 radical (unpaired) electrons. The van der Waals surface area contributed by atoms with Crippen LogP contribution in [0.5, 0.6) is 0 Å². The Balaban J connectivity index is 1.62. The molecule has 0 aliphatic carbocycles. The fourth-order valence-corrected chi connectivity index (χ4v) is 2.15. The summed E-state index contributed by atoms with van der Waals surface area (Å²) in [4.78, 5) is 30.8. The minimum Gasteiger partial charge on any atom is -0.472 e. The maximum Gasteiger partial charge on any atom is 0.270 e. The van der Waals surface area contributed by atoms with E-state index in [0.717, 1.165) is 11.1 Å². The van der Waals surface area contributed by atoms with Gasteiger partial charge in [0.1, 0.15) is 5.69 Å². The molecule has 0 spiro atoms. The van der Waals surface area contributed by atoms with Gasteiger partial charge in [-0.25, -0.2) is 4.98 Å². The quantitative estimate of drug-likeness (QED) is 0.751. The minimum absolute atomic E-state index is 0.129. The molecule has 0 saturated heterocycles. The topological polar surface area (TPSA) is 88.0 Å². The first-order valence-electron chi connectivity index (χ1n) is 6.98. The second-order valence-electron chi connectivity index (χ2n) is 4.94. The lowest BCUT2D eigenvalue weighted by Crippen LogP contribution is -2.24. The predicted octanol–water partition coefficient (Wildman–Crippen LogP) is 1.77. The van der Waals surface area contributed by atoms with Gasteiger partial charge in [-0.05, 0) is 18.2 Å². The number of H-pyrrole nitrogens is 1. The number of hydrogen-bond donors (Lipinski definition) is 2. The van der Waals surface area contributed by atoms with E-state index in [1.807, 2.05) is 18.2 Å². The first-order valence-corrected chi connectivity index (χ1v) is 6.98. The zero-order valence-electron chi connectivity index (χ0n) is 11.8. The third kappa shape index (κ3) is 3.22. The number of para-hydroxylation sites is 2. The molecule has 1 aromatic carbocycles. The van der Waals surface area contributed by atoms with E-state index >= 15 is 0 Å². The Labute approximate surface area is 126 Å². The number of benzene rings is 1. The van der Waals surface area contributed by atoms with Crippen molar-refractivity contribution in [1.29, 1.82) is 0 Å². The van der Waals surface area contributed by atoms with Crippen LogP contribution in [-0.2, 0) is 17.8 Å². The summed E-state index contributed by atoms with van der Waals surface area (Å²) in [5, 5.41) is 2.77. The molecule has 0 aliphatic rings. The van der Waals surface area contributed by atoms with E-state index < -0.39 is 0 Å². The maximum atomic E-state index is 11.9. The van der Waals surface area contributed by atoms with Gasteiger partial charge in [0.25, 0.3) is 5.56 Å². The summed E-state index contributed by atoms with van der Waals surface area (Å²) in [6.45, 7) is 0.414. The largest absolute Gasteiger partial charge is 0.472 e. The van der Waals surface area contributed by atoms with Crippen molar-refractivity contribution in [3.63, 3.8) is 0 Å². The molecule has 0 unspecified atom stereocenters. The van der Waals surface area contributed by atoms with E-state index in [2.05, 4.69) is 15.3 Å². The van der Waals surface area contributed by atoms with Crippen LogP contribution >= 0.6 is 0 Å². The SMILES string of the molecule is O=C(CCc1nc2ccccc2[nH]c1=O)NCc1ccoc1. The monoisotopic (exact) mass is 297 g/mol. The van der Waals surface area contributed by atoms with Gasteiger partial charge in [0, 0.05) is 24.9 Å². The lowest BCUT2D eigenvalue weighted by molar-refractivity contribution is -0.121. The van der Waals surface area contributed by atoms with E-state index in [1.165, 1.54) is 0 Å². The lowest BCUT2D eigenvalue weighted by atomic mass is 10.2. The molecule has 3 aromatic rings. The van der Waals surface area contributed by atoms with Crippen molar-refractivity contribution in [1.82, 2.24) is 15.3 Å². The maximum absolute atomic E-state index is 11.9. The number of aryl methyl sites for hydroxylation is 1. The molecule has 2 heterocycles. The van der Waals surface area contributed by atoms with Gasteiger partial charge in [-0.3, -0.25) is 9.59 Å². The number of furan rings is 1. The van der Waals surface area contributed by atoms with Gasteiger partial charge in [0.2, 0.25) is 5.91 Å². The van der Waals surface area contributed by atoms with Crippen molar-refractivity contribution in [2.24, 2.45) is 0 Å². The van der Waals surface area contributed by atoms with Gasteiger partial charge in [-0.15, -0.1) is 0 Å². The first kappa shape index (κ1) is 14.1. The average molecular weight is 297 g/mol. The molecule has 6 heteroatoms. The van der Waals surface area contributed by atoms with E-state index in [9.17, 15) is 9.59 Å². The molecule has 112 valence electrons. The highest BCUT2D eigenvalue weighted by Crippen LogP contribution is 2.07. The van der Waals surface area contributed by atoms with Gasteiger partial charge in [-0.1, -0.05) is 12.1 Å². The van der Waals surface area contributed by atoms with Gasteiger partial charge >= 0.3 is 0 Å². The Morgan fingerprint density at radius 2 is 2.14 bits per heavy atom. The van der Waals surface area contributed by atoms with Crippen LogP contribution in [0.4, 0.5) is 0 Å². The first-order chi connectivity index (χ1) is 10.7. The van der Waals surface area contributed by atoms with Crippen LogP contribution in [0.3, 0.4) is 0 Å². The summed E-state index contributed by atoms with van der Waals surface area (Å²) in [5.41, 5.74) is 2.44. The molecule has 1 amide bonds. The molecular formula is C16H15N3O3. The van der Waals surface area contributed by atoms with Crippen molar-refractivity contribution in [3.8, 4) is 0 Å². The van der Waals surface area contributed by atoms with Gasteiger partial charge in [-0.2, -0.15) is 0 Å². The highest BCUT2D eigenvalue weighted by Gasteiger charge is 2.08. The van der Waals surface area contributed by atoms with Crippen LogP contribution in [0.2, 0.25) is 0 Å². The Kier molecular flexibility index (Phi) is 4.00. The van der Waals surface area contributed by atoms with Crippen LogP contribution in [0, 0.1) is 0 Å². The van der Waals surface area contributed by atoms with Crippen molar-refractivity contribution < 1.29 is 9.21 Å². The fraction of sp³-hybridized carbons (Fsp3) is 0.188. The number of carbonyl (C=O) groups is 1. The summed E-state index contributed by atoms with van der Waals surface area (Å²) < 4.78 is 4.93. The number of carbonyl (C=O) groups excluding carboxylic acids is 1. The molecule has 3 rings (SSSR count). The Hall–Kier alpha value is -2.89. The molecule has 0 atom stereocenters. The fourth-order valence-electron chi connectivity index (χ4n) is 2.15. The highest BCUT2D eigenvalue weighted by molar-refractivity contribution is 5.76. The molecule has 2 aromatic heterocycles. The Morgan fingerprint density at radius 3 is 2.95 bits per heavy atom. The number of rotatable bonds is 5. The number of fused-ring (bicyclic) bond motifs is 1. The zero-order chi connectivity index (χ0) is 15.4. The van der Waals surface area contributed by atoms with E-state index in [-0.39, 0.29) is 17.9 Å². The lowest BCUT2D eigenvalue weighted by Gasteiger charge is -2.04. The van der Waals surface area contributed by atoms with Crippen LogP contribution in [-0.4, -0.2) is 15.9 Å². The molecule has 0 aliphatic heterocycles. The normalized spacial score (nSPS) is 10.7. The summed E-state index contributed by atoms with van der Waals surface area (Å²) in [5.74, 6) is -0.129. The van der Waals surface area contributed by atoms with E-state index in [0.29, 0.717) is 24.2 Å². The highest BCUT2D eigenvalue weighted by atomic mass is 16.3. The van der Waals surface area contributed by atoms with Gasteiger partial charge < -0.3 is 14.7 Å². The Bertz CT molecular complexity index is 837. The van der Waals surface area contributed by atoms with Gasteiger partial charge in [0.05, 0.1) is 23.6 Å². The van der Waals surface area contributed by atoms with Gasteiger partial charge in [0.15, 0.2) is 0 Å².